The summed E-state index contributed by atoms with van der Waals surface area (Å²) >= 11 is 0. The summed E-state index contributed by atoms with van der Waals surface area (Å²) in [5.41, 5.74) is 3.15. The molecule has 0 bridgehead atoms. The van der Waals surface area contributed by atoms with Crippen LogP contribution in [0.4, 0.5) is 5.69 Å². The van der Waals surface area contributed by atoms with E-state index in [2.05, 4.69) is 16.9 Å². The van der Waals surface area contributed by atoms with Crippen molar-refractivity contribution in [2.75, 3.05) is 18.0 Å². The summed E-state index contributed by atoms with van der Waals surface area (Å²) in [4.78, 5) is 32.0. The molecule has 2 aromatic rings. The first-order valence-electron chi connectivity index (χ1n) is 9.43. The predicted octanol–water partition coefficient (Wildman–Crippen LogP) is 3.11. The van der Waals surface area contributed by atoms with Crippen LogP contribution in [-0.4, -0.2) is 34.5 Å². The number of rotatable bonds is 6. The molecule has 142 valence electrons. The number of nitrogens with zero attached hydrogens (tertiary/aromatic N) is 3. The number of fused-ring (bicyclic) bond motifs is 1. The zero-order valence-corrected chi connectivity index (χ0v) is 16.0. The van der Waals surface area contributed by atoms with Crippen molar-refractivity contribution in [2.24, 2.45) is 0 Å². The maximum Gasteiger partial charge on any atom is 0.294 e. The molecular formula is C21H26N4O2. The van der Waals surface area contributed by atoms with E-state index in [0.29, 0.717) is 31.2 Å². The Morgan fingerprint density at radius 2 is 2.19 bits per heavy atom. The van der Waals surface area contributed by atoms with Crippen LogP contribution in [0.15, 0.2) is 36.9 Å². The largest absolute Gasteiger partial charge is 0.347 e. The third kappa shape index (κ3) is 3.79. The van der Waals surface area contributed by atoms with Crippen LogP contribution in [0.25, 0.3) is 0 Å². The SMILES string of the molecule is C=CCNC(=O)c1nc(C(=O)N(CC)c2cccc(C)c2)n2c1CCCC2. The Hall–Kier alpha value is -2.89. The first-order valence-corrected chi connectivity index (χ1v) is 9.43. The van der Waals surface area contributed by atoms with E-state index in [1.54, 1.807) is 11.0 Å². The third-order valence-corrected chi connectivity index (χ3v) is 4.81. The smallest absolute Gasteiger partial charge is 0.294 e. The summed E-state index contributed by atoms with van der Waals surface area (Å²) in [6, 6.07) is 7.85. The topological polar surface area (TPSA) is 67.2 Å². The van der Waals surface area contributed by atoms with E-state index in [9.17, 15) is 9.59 Å². The normalized spacial score (nSPS) is 13.0. The summed E-state index contributed by atoms with van der Waals surface area (Å²) in [6.07, 6.45) is 4.36. The highest BCUT2D eigenvalue weighted by Gasteiger charge is 2.29. The zero-order valence-electron chi connectivity index (χ0n) is 16.0. The number of carbonyl (C=O) groups excluding carboxylic acids is 2. The highest BCUT2D eigenvalue weighted by Crippen LogP contribution is 2.24. The Kier molecular flexibility index (Phi) is 5.74. The molecule has 2 heterocycles. The maximum absolute atomic E-state index is 13.3. The van der Waals surface area contributed by atoms with Gasteiger partial charge in [-0.2, -0.15) is 0 Å². The molecule has 1 aromatic heterocycles. The molecule has 0 atom stereocenters. The Morgan fingerprint density at radius 1 is 1.37 bits per heavy atom. The van der Waals surface area contributed by atoms with Gasteiger partial charge in [0.2, 0.25) is 5.82 Å². The van der Waals surface area contributed by atoms with Gasteiger partial charge in [0.25, 0.3) is 11.8 Å². The lowest BCUT2D eigenvalue weighted by atomic mass is 10.1. The first kappa shape index (κ1) is 18.9. The summed E-state index contributed by atoms with van der Waals surface area (Å²) < 4.78 is 1.92. The monoisotopic (exact) mass is 366 g/mol. The molecule has 0 unspecified atom stereocenters. The van der Waals surface area contributed by atoms with E-state index in [0.717, 1.165) is 36.2 Å². The van der Waals surface area contributed by atoms with Gasteiger partial charge in [-0.15, -0.1) is 6.58 Å². The van der Waals surface area contributed by atoms with E-state index in [4.69, 9.17) is 0 Å². The maximum atomic E-state index is 13.3. The van der Waals surface area contributed by atoms with Crippen molar-refractivity contribution in [3.63, 3.8) is 0 Å². The van der Waals surface area contributed by atoms with E-state index in [1.165, 1.54) is 0 Å². The van der Waals surface area contributed by atoms with Gasteiger partial charge in [-0.25, -0.2) is 4.98 Å². The van der Waals surface area contributed by atoms with Gasteiger partial charge >= 0.3 is 0 Å². The van der Waals surface area contributed by atoms with Crippen molar-refractivity contribution >= 4 is 17.5 Å². The minimum absolute atomic E-state index is 0.172. The molecule has 1 aliphatic heterocycles. The number of aryl methyl sites for hydroxylation is 1. The molecule has 0 radical (unpaired) electrons. The Bertz CT molecular complexity index is 869. The fourth-order valence-corrected chi connectivity index (χ4v) is 3.50. The average molecular weight is 366 g/mol. The summed E-state index contributed by atoms with van der Waals surface area (Å²) in [5, 5.41) is 2.78. The average Bonchev–Trinajstić information content (AvgIpc) is 3.06. The molecule has 2 amide bonds. The molecule has 3 rings (SSSR count). The molecule has 0 saturated heterocycles. The van der Waals surface area contributed by atoms with Gasteiger partial charge in [0.1, 0.15) is 5.69 Å². The fourth-order valence-electron chi connectivity index (χ4n) is 3.50. The van der Waals surface area contributed by atoms with Crippen LogP contribution >= 0.6 is 0 Å². The van der Waals surface area contributed by atoms with Crippen LogP contribution < -0.4 is 10.2 Å². The number of anilines is 1. The summed E-state index contributed by atoms with van der Waals surface area (Å²) in [6.45, 7) is 9.18. The van der Waals surface area contributed by atoms with Gasteiger partial charge in [-0.1, -0.05) is 18.2 Å². The van der Waals surface area contributed by atoms with Crippen molar-refractivity contribution in [3.8, 4) is 0 Å². The predicted molar refractivity (Wildman–Crippen MR) is 106 cm³/mol. The minimum atomic E-state index is -0.252. The van der Waals surface area contributed by atoms with Gasteiger partial charge < -0.3 is 14.8 Å². The number of hydrogen-bond donors (Lipinski definition) is 1. The van der Waals surface area contributed by atoms with E-state index >= 15 is 0 Å². The standard InChI is InChI=1S/C21H26N4O2/c1-4-12-22-20(26)18-17-11-6-7-13-25(17)19(23-18)21(27)24(5-2)16-10-8-9-15(3)14-16/h4,8-10,14H,1,5-7,11-13H2,2-3H3,(H,22,26). The van der Waals surface area contributed by atoms with Gasteiger partial charge in [-0.3, -0.25) is 9.59 Å². The van der Waals surface area contributed by atoms with Crippen molar-refractivity contribution in [1.29, 1.82) is 0 Å². The van der Waals surface area contributed by atoms with Gasteiger partial charge in [0.05, 0.1) is 5.69 Å². The van der Waals surface area contributed by atoms with Gasteiger partial charge in [-0.05, 0) is 50.8 Å². The van der Waals surface area contributed by atoms with Gasteiger partial charge in [0.15, 0.2) is 0 Å². The number of hydrogen-bond acceptors (Lipinski definition) is 3. The van der Waals surface area contributed by atoms with E-state index in [-0.39, 0.29) is 11.8 Å². The second-order valence-electron chi connectivity index (χ2n) is 6.73. The van der Waals surface area contributed by atoms with Crippen molar-refractivity contribution in [2.45, 2.75) is 39.7 Å². The molecule has 0 aliphatic carbocycles. The number of nitrogens with one attached hydrogen (secondary N) is 1. The quantitative estimate of drug-likeness (QED) is 0.799. The Morgan fingerprint density at radius 3 is 2.89 bits per heavy atom. The Balaban J connectivity index is 1.99. The molecular weight excluding hydrogens is 340 g/mol. The molecule has 1 N–H and O–H groups in total. The number of aromatic nitrogens is 2. The molecule has 6 nitrogen and oxygen atoms in total. The summed E-state index contributed by atoms with van der Waals surface area (Å²) in [7, 11) is 0. The first-order chi connectivity index (χ1) is 13.1. The number of imidazole rings is 1. The molecule has 27 heavy (non-hydrogen) atoms. The molecule has 1 aromatic carbocycles. The highest BCUT2D eigenvalue weighted by atomic mass is 16.2. The van der Waals surface area contributed by atoms with Crippen molar-refractivity contribution in [1.82, 2.24) is 14.9 Å². The second kappa shape index (κ2) is 8.20. The lowest BCUT2D eigenvalue weighted by molar-refractivity contribution is 0.0952. The van der Waals surface area contributed by atoms with Crippen LogP contribution in [0.5, 0.6) is 0 Å². The molecule has 0 saturated carbocycles. The van der Waals surface area contributed by atoms with Crippen LogP contribution in [-0.2, 0) is 13.0 Å². The zero-order chi connectivity index (χ0) is 19.4. The molecule has 0 fully saturated rings. The van der Waals surface area contributed by atoms with Crippen LogP contribution in [0, 0.1) is 6.92 Å². The van der Waals surface area contributed by atoms with E-state index in [1.807, 2.05) is 42.7 Å². The van der Waals surface area contributed by atoms with Gasteiger partial charge in [0, 0.05) is 25.3 Å². The number of benzene rings is 1. The number of amides is 2. The fraction of sp³-hybridized carbons (Fsp3) is 0.381. The van der Waals surface area contributed by atoms with E-state index < -0.39 is 0 Å². The van der Waals surface area contributed by atoms with Crippen molar-refractivity contribution < 1.29 is 9.59 Å². The highest BCUT2D eigenvalue weighted by molar-refractivity contribution is 6.05. The van der Waals surface area contributed by atoms with Crippen molar-refractivity contribution in [3.05, 3.63) is 59.7 Å². The molecule has 1 aliphatic rings. The lowest BCUT2D eigenvalue weighted by Crippen LogP contribution is -2.33. The van der Waals surface area contributed by atoms with Crippen LogP contribution in [0.1, 0.15) is 52.1 Å². The Labute approximate surface area is 159 Å². The minimum Gasteiger partial charge on any atom is -0.347 e. The van der Waals surface area contributed by atoms with Crippen LogP contribution in [0.2, 0.25) is 0 Å². The second-order valence-corrected chi connectivity index (χ2v) is 6.73. The number of carbonyl (C=O) groups is 2. The lowest BCUT2D eigenvalue weighted by Gasteiger charge is -2.23. The summed E-state index contributed by atoms with van der Waals surface area (Å²) in [5.74, 6) is -0.0796. The molecule has 0 spiro atoms. The molecule has 6 heteroatoms. The van der Waals surface area contributed by atoms with Crippen LogP contribution in [0.3, 0.4) is 0 Å². The third-order valence-electron chi connectivity index (χ3n) is 4.81.